The van der Waals surface area contributed by atoms with Crippen molar-refractivity contribution in [3.8, 4) is 0 Å². The number of rotatable bonds is 12. The van der Waals surface area contributed by atoms with Gasteiger partial charge in [0.25, 0.3) is 0 Å². The molecular formula is C51H87N. The maximum atomic E-state index is 4.15. The van der Waals surface area contributed by atoms with Gasteiger partial charge < -0.3 is 5.32 Å². The van der Waals surface area contributed by atoms with Crippen LogP contribution in [-0.4, -0.2) is 12.6 Å². The van der Waals surface area contributed by atoms with Crippen molar-refractivity contribution < 1.29 is 0 Å². The molecule has 0 saturated heterocycles. The van der Waals surface area contributed by atoms with E-state index in [0.29, 0.717) is 0 Å². The zero-order valence-electron chi connectivity index (χ0n) is 35.5. The second kappa shape index (κ2) is 20.4. The van der Waals surface area contributed by atoms with Crippen molar-refractivity contribution in [2.24, 2.45) is 88.8 Å². The second-order valence-corrected chi connectivity index (χ2v) is 20.3. The van der Waals surface area contributed by atoms with Gasteiger partial charge in [0, 0.05) is 6.04 Å². The van der Waals surface area contributed by atoms with Gasteiger partial charge in [0.15, 0.2) is 0 Å². The fraction of sp³-hybridized carbons (Fsp3) is 0.882. The van der Waals surface area contributed by atoms with Crippen molar-refractivity contribution in [3.05, 3.63) is 36.5 Å². The minimum atomic E-state index is 0.766. The molecule has 10 atom stereocenters. The molecule has 0 aromatic carbocycles. The summed E-state index contributed by atoms with van der Waals surface area (Å²) >= 11 is 0. The van der Waals surface area contributed by atoms with Crippen LogP contribution in [0.5, 0.6) is 0 Å². The SMILES string of the molecule is C/C=C/C1CCC(C2CCC(C)CC2C2CC(CC)CC(C3CC(NCCC)CCC3C3CCC(/C=C/C)CC3)C2C2CCC(/C=C/C)CC2)CC1. The third-order valence-corrected chi connectivity index (χ3v) is 17.3. The highest BCUT2D eigenvalue weighted by Gasteiger charge is 2.53. The normalized spacial score (nSPS) is 45.6. The molecule has 0 spiro atoms. The Morgan fingerprint density at radius 1 is 0.462 bits per heavy atom. The zero-order valence-corrected chi connectivity index (χ0v) is 35.5. The van der Waals surface area contributed by atoms with Gasteiger partial charge in [0.1, 0.15) is 0 Å². The average molecular weight is 714 g/mol. The summed E-state index contributed by atoms with van der Waals surface area (Å²) in [7, 11) is 0. The fourth-order valence-electron chi connectivity index (χ4n) is 14.9. The maximum absolute atomic E-state index is 4.15. The molecule has 52 heavy (non-hydrogen) atoms. The molecule has 0 radical (unpaired) electrons. The van der Waals surface area contributed by atoms with E-state index in [4.69, 9.17) is 0 Å². The van der Waals surface area contributed by atoms with Crippen LogP contribution in [0.4, 0.5) is 0 Å². The third-order valence-electron chi connectivity index (χ3n) is 17.3. The van der Waals surface area contributed by atoms with E-state index in [1.807, 2.05) is 0 Å². The molecule has 0 heterocycles. The molecule has 1 N–H and O–H groups in total. The molecule has 0 aliphatic heterocycles. The van der Waals surface area contributed by atoms with E-state index in [0.717, 1.165) is 94.8 Å². The maximum Gasteiger partial charge on any atom is 0.00700 e. The molecule has 0 aromatic rings. The van der Waals surface area contributed by atoms with Crippen LogP contribution in [0.15, 0.2) is 36.5 Å². The number of nitrogens with one attached hydrogen (secondary N) is 1. The van der Waals surface area contributed by atoms with E-state index in [9.17, 15) is 0 Å². The van der Waals surface area contributed by atoms with Gasteiger partial charge in [0.2, 0.25) is 0 Å². The van der Waals surface area contributed by atoms with Crippen LogP contribution >= 0.6 is 0 Å². The Kier molecular flexibility index (Phi) is 16.0. The van der Waals surface area contributed by atoms with Gasteiger partial charge >= 0.3 is 0 Å². The van der Waals surface area contributed by atoms with Gasteiger partial charge in [0.05, 0.1) is 0 Å². The second-order valence-electron chi connectivity index (χ2n) is 20.3. The molecule has 6 aliphatic carbocycles. The quantitative estimate of drug-likeness (QED) is 0.199. The molecule has 0 aromatic heterocycles. The first-order chi connectivity index (χ1) is 25.5. The molecule has 1 heteroatoms. The van der Waals surface area contributed by atoms with Crippen LogP contribution in [0.1, 0.15) is 183 Å². The highest BCUT2D eigenvalue weighted by Crippen LogP contribution is 2.60. The predicted molar refractivity (Wildman–Crippen MR) is 227 cm³/mol. The molecule has 0 amide bonds. The number of hydrogen-bond donors (Lipinski definition) is 1. The van der Waals surface area contributed by atoms with Crippen LogP contribution in [0.25, 0.3) is 0 Å². The molecule has 10 unspecified atom stereocenters. The Bertz CT molecular complexity index is 1090. The van der Waals surface area contributed by atoms with E-state index < -0.39 is 0 Å². The summed E-state index contributed by atoms with van der Waals surface area (Å²) < 4.78 is 0. The Balaban J connectivity index is 1.34. The standard InChI is InChI=1S/C51H87N/c1-7-12-38-16-22-41(23-17-38)45-29-15-36(6)32-47(45)49-33-37(11-5)34-50(51(49)43-26-20-40(14-9-3)21-27-43)48-35-44(52-31-10-4)28-30-46(48)42-24-18-39(13-8-2)19-25-42/h7-9,12-14,36-52H,10-11,15-35H2,1-6H3/b12-7+,13-8+,14-9+. The van der Waals surface area contributed by atoms with Crippen molar-refractivity contribution in [2.75, 3.05) is 6.54 Å². The highest BCUT2D eigenvalue weighted by molar-refractivity contribution is 5.04. The summed E-state index contributed by atoms with van der Waals surface area (Å²) in [4.78, 5) is 0. The summed E-state index contributed by atoms with van der Waals surface area (Å²) in [6.45, 7) is 15.6. The fourth-order valence-corrected chi connectivity index (χ4v) is 14.9. The minimum Gasteiger partial charge on any atom is -0.314 e. The number of allylic oxidation sites excluding steroid dienone is 6. The van der Waals surface area contributed by atoms with Crippen LogP contribution in [0.2, 0.25) is 0 Å². The summed E-state index contributed by atoms with van der Waals surface area (Å²) in [5, 5.41) is 4.15. The molecule has 6 rings (SSSR count). The summed E-state index contributed by atoms with van der Waals surface area (Å²) in [5.74, 6) is 14.3. The molecule has 0 bridgehead atoms. The van der Waals surface area contributed by atoms with E-state index in [1.165, 1.54) is 122 Å². The Morgan fingerprint density at radius 2 is 0.923 bits per heavy atom. The first kappa shape index (κ1) is 40.8. The Hall–Kier alpha value is -0.820. The number of hydrogen-bond acceptors (Lipinski definition) is 1. The Labute approximate surface area is 324 Å². The molecule has 6 saturated carbocycles. The lowest BCUT2D eigenvalue weighted by atomic mass is 9.48. The van der Waals surface area contributed by atoms with Crippen LogP contribution in [-0.2, 0) is 0 Å². The van der Waals surface area contributed by atoms with Gasteiger partial charge in [-0.25, -0.2) is 0 Å². The van der Waals surface area contributed by atoms with Crippen molar-refractivity contribution >= 4 is 0 Å². The van der Waals surface area contributed by atoms with Crippen molar-refractivity contribution in [2.45, 2.75) is 189 Å². The van der Waals surface area contributed by atoms with Crippen molar-refractivity contribution in [1.29, 1.82) is 0 Å². The topological polar surface area (TPSA) is 12.0 Å². The summed E-state index contributed by atoms with van der Waals surface area (Å²) in [5.41, 5.74) is 0. The van der Waals surface area contributed by atoms with Crippen LogP contribution in [0, 0.1) is 88.8 Å². The molecular weight excluding hydrogens is 627 g/mol. The molecule has 6 aliphatic rings. The lowest BCUT2D eigenvalue weighted by molar-refractivity contribution is -0.0819. The predicted octanol–water partition coefficient (Wildman–Crippen LogP) is 14.6. The van der Waals surface area contributed by atoms with Gasteiger partial charge in [-0.1, -0.05) is 70.1 Å². The van der Waals surface area contributed by atoms with E-state index in [1.54, 1.807) is 25.7 Å². The lowest BCUT2D eigenvalue weighted by Gasteiger charge is -2.58. The van der Waals surface area contributed by atoms with Crippen molar-refractivity contribution in [1.82, 2.24) is 5.32 Å². The molecule has 296 valence electrons. The minimum absolute atomic E-state index is 0.766. The Morgan fingerprint density at radius 3 is 1.38 bits per heavy atom. The van der Waals surface area contributed by atoms with Gasteiger partial charge in [-0.2, -0.15) is 0 Å². The molecule has 1 nitrogen and oxygen atoms in total. The average Bonchev–Trinajstić information content (AvgIpc) is 3.18. The lowest BCUT2D eigenvalue weighted by Crippen LogP contribution is -2.51. The van der Waals surface area contributed by atoms with Gasteiger partial charge in [-0.15, -0.1) is 0 Å². The van der Waals surface area contributed by atoms with E-state index >= 15 is 0 Å². The van der Waals surface area contributed by atoms with E-state index in [-0.39, 0.29) is 0 Å². The van der Waals surface area contributed by atoms with Crippen LogP contribution in [0.3, 0.4) is 0 Å². The first-order valence-electron chi connectivity index (χ1n) is 24.1. The van der Waals surface area contributed by atoms with E-state index in [2.05, 4.69) is 83.3 Å². The summed E-state index contributed by atoms with van der Waals surface area (Å²) in [6, 6.07) is 0.766. The van der Waals surface area contributed by atoms with Gasteiger partial charge in [-0.05, 0) is 245 Å². The largest absolute Gasteiger partial charge is 0.314 e. The smallest absolute Gasteiger partial charge is 0.00700 e. The third kappa shape index (κ3) is 10.1. The monoisotopic (exact) mass is 714 g/mol. The summed E-state index contributed by atoms with van der Waals surface area (Å²) in [6.07, 6.45) is 47.5. The highest BCUT2D eigenvalue weighted by atomic mass is 14.9. The van der Waals surface area contributed by atoms with Gasteiger partial charge in [-0.3, -0.25) is 0 Å². The van der Waals surface area contributed by atoms with Crippen LogP contribution < -0.4 is 5.32 Å². The van der Waals surface area contributed by atoms with Crippen molar-refractivity contribution in [3.63, 3.8) is 0 Å². The molecule has 6 fully saturated rings. The zero-order chi connectivity index (χ0) is 36.5. The first-order valence-corrected chi connectivity index (χ1v) is 24.1.